The number of aryl methyl sites for hydroxylation is 2. The number of hydrogen-bond acceptors (Lipinski definition) is 6. The van der Waals surface area contributed by atoms with Gasteiger partial charge in [0.2, 0.25) is 0 Å². The van der Waals surface area contributed by atoms with Crippen LogP contribution in [0.25, 0.3) is 0 Å². The van der Waals surface area contributed by atoms with Gasteiger partial charge in [-0.05, 0) is 61.4 Å². The molecule has 8 heteroatoms. The number of azo groups is 1. The maximum atomic E-state index is 12.0. The normalized spacial score (nSPS) is 9.92. The van der Waals surface area contributed by atoms with Crippen LogP contribution in [0.1, 0.15) is 36.8 Å². The van der Waals surface area contributed by atoms with Gasteiger partial charge in [0.1, 0.15) is 11.5 Å². The van der Waals surface area contributed by atoms with Gasteiger partial charge in [0.15, 0.2) is 0 Å². The van der Waals surface area contributed by atoms with E-state index in [4.69, 9.17) is 9.47 Å². The largest absolute Gasteiger partial charge is 2.00 e. The second-order valence-electron chi connectivity index (χ2n) is 10.4. The van der Waals surface area contributed by atoms with Crippen molar-refractivity contribution in [2.24, 2.45) is 10.2 Å². The average Bonchev–Trinajstić information content (AvgIpc) is 3.91. The predicted molar refractivity (Wildman–Crippen MR) is 182 cm³/mol. The van der Waals surface area contributed by atoms with Crippen molar-refractivity contribution in [1.82, 2.24) is 0 Å². The zero-order chi connectivity index (χ0) is 32.1. The number of esters is 2. The molecule has 0 unspecified atom stereocenters. The summed E-state index contributed by atoms with van der Waals surface area (Å²) in [7, 11) is 0. The fraction of sp³-hybridized carbons (Fsp3) is 0.150. The molecule has 0 amide bonds. The Kier molecular flexibility index (Phi) is 19.5. The van der Waals surface area contributed by atoms with E-state index in [0.717, 1.165) is 25.7 Å². The third kappa shape index (κ3) is 16.3. The molecule has 0 saturated heterocycles. The van der Waals surface area contributed by atoms with Crippen LogP contribution in [0.4, 0.5) is 11.4 Å². The number of nitrogens with zero attached hydrogens (tertiary/aromatic N) is 2. The van der Waals surface area contributed by atoms with E-state index in [1.807, 2.05) is 84.9 Å². The van der Waals surface area contributed by atoms with Crippen LogP contribution in [0.15, 0.2) is 168 Å². The molecule has 0 saturated carbocycles. The summed E-state index contributed by atoms with van der Waals surface area (Å²) in [6.45, 7) is 0. The molecule has 6 nitrogen and oxygen atoms in total. The number of hydrogen-bond donors (Lipinski definition) is 0. The van der Waals surface area contributed by atoms with E-state index < -0.39 is 0 Å². The standard InChI is InChI=1S/C30H28N2O4.2C5H5.2Fe/c33-29(13-5-11-23-7-1-2-8-23)35-27-19-15-25(16-20-27)31-32-26-17-21-28(22-18-26)36-30(34)14-6-12-24-9-3-4-10-24;2*1-2-4-5-3-1;;/h1-4,7-10,15-22H,5-6,11-14H2;2*1-5H;;/q-2;2*-1;2*+2. The first-order chi connectivity index (χ1) is 22.6. The third-order valence-corrected chi connectivity index (χ3v) is 6.68. The smallest absolute Gasteiger partial charge is 0.427 e. The van der Waals surface area contributed by atoms with E-state index >= 15 is 0 Å². The molecule has 0 aliphatic heterocycles. The van der Waals surface area contributed by atoms with Crippen molar-refractivity contribution in [3.8, 4) is 11.5 Å². The first kappa shape index (κ1) is 39.6. The van der Waals surface area contributed by atoms with Crippen molar-refractivity contribution in [1.29, 1.82) is 0 Å². The van der Waals surface area contributed by atoms with Crippen LogP contribution < -0.4 is 9.47 Å². The van der Waals surface area contributed by atoms with Crippen molar-refractivity contribution in [2.75, 3.05) is 0 Å². The summed E-state index contributed by atoms with van der Waals surface area (Å²) < 4.78 is 10.8. The molecular weight excluding hydrogens is 684 g/mol. The Morgan fingerprint density at radius 1 is 0.521 bits per heavy atom. The molecule has 0 heterocycles. The van der Waals surface area contributed by atoms with Crippen molar-refractivity contribution in [2.45, 2.75) is 38.5 Å². The summed E-state index contributed by atoms with van der Waals surface area (Å²) in [5, 5.41) is 8.41. The molecule has 0 aliphatic rings. The summed E-state index contributed by atoms with van der Waals surface area (Å²) in [6, 6.07) is 49.9. The first-order valence-electron chi connectivity index (χ1n) is 15.4. The van der Waals surface area contributed by atoms with Crippen LogP contribution in [0.2, 0.25) is 0 Å². The predicted octanol–water partition coefficient (Wildman–Crippen LogP) is 10.2. The maximum Gasteiger partial charge on any atom is 2.00 e. The summed E-state index contributed by atoms with van der Waals surface area (Å²) >= 11 is 0. The second-order valence-corrected chi connectivity index (χ2v) is 10.4. The van der Waals surface area contributed by atoms with Crippen LogP contribution in [0, 0.1) is 0 Å². The summed E-state index contributed by atoms with van der Waals surface area (Å²) in [4.78, 5) is 24.1. The fourth-order valence-electron chi connectivity index (χ4n) is 4.32. The summed E-state index contributed by atoms with van der Waals surface area (Å²) in [5.74, 6) is 0.457. The van der Waals surface area contributed by atoms with Gasteiger partial charge in [-0.2, -0.15) is 82.0 Å². The van der Waals surface area contributed by atoms with Gasteiger partial charge in [-0.25, -0.2) is 48.5 Å². The van der Waals surface area contributed by atoms with Gasteiger partial charge in [-0.1, -0.05) is 12.8 Å². The van der Waals surface area contributed by atoms with Crippen LogP contribution in [0.3, 0.4) is 0 Å². The minimum Gasteiger partial charge on any atom is -0.427 e. The number of rotatable bonds is 12. The van der Waals surface area contributed by atoms with Gasteiger partial charge >= 0.3 is 46.1 Å². The maximum absolute atomic E-state index is 12.0. The van der Waals surface area contributed by atoms with Gasteiger partial charge in [0, 0.05) is 12.8 Å². The Labute approximate surface area is 304 Å². The Hall–Kier alpha value is -4.58. The van der Waals surface area contributed by atoms with Crippen molar-refractivity contribution >= 4 is 23.3 Å². The molecule has 0 N–H and O–H groups in total. The summed E-state index contributed by atoms with van der Waals surface area (Å²) in [5.41, 5.74) is 3.72. The van der Waals surface area contributed by atoms with E-state index in [1.54, 1.807) is 48.5 Å². The molecule has 248 valence electrons. The van der Waals surface area contributed by atoms with Gasteiger partial charge in [0.25, 0.3) is 0 Å². The van der Waals surface area contributed by atoms with Crippen LogP contribution >= 0.6 is 0 Å². The number of carbonyl (C=O) groups excluding carboxylic acids is 2. The molecule has 6 aromatic carbocycles. The topological polar surface area (TPSA) is 77.3 Å². The van der Waals surface area contributed by atoms with E-state index in [0.29, 0.717) is 35.7 Å². The zero-order valence-corrected chi connectivity index (χ0v) is 28.7. The second kappa shape index (κ2) is 23.7. The van der Waals surface area contributed by atoms with E-state index in [-0.39, 0.29) is 46.1 Å². The molecule has 0 fully saturated rings. The number of benzene rings is 2. The van der Waals surface area contributed by atoms with Gasteiger partial charge in [0.05, 0.1) is 11.4 Å². The van der Waals surface area contributed by atoms with Crippen LogP contribution in [-0.4, -0.2) is 11.9 Å². The van der Waals surface area contributed by atoms with Crippen LogP contribution in [-0.2, 0) is 56.6 Å². The monoisotopic (exact) mass is 722 g/mol. The Morgan fingerprint density at radius 3 is 1.15 bits per heavy atom. The van der Waals surface area contributed by atoms with Crippen molar-refractivity contribution < 1.29 is 53.2 Å². The molecule has 0 aliphatic carbocycles. The third-order valence-electron chi connectivity index (χ3n) is 6.68. The summed E-state index contributed by atoms with van der Waals surface area (Å²) in [6.07, 6.45) is 3.96. The minimum absolute atomic E-state index is 0. The molecule has 6 aromatic rings. The van der Waals surface area contributed by atoms with Gasteiger partial charge in [-0.3, -0.25) is 9.59 Å². The first-order valence-corrected chi connectivity index (χ1v) is 15.4. The van der Waals surface area contributed by atoms with Crippen molar-refractivity contribution in [3.63, 3.8) is 0 Å². The van der Waals surface area contributed by atoms with E-state index in [9.17, 15) is 9.59 Å². The molecule has 48 heavy (non-hydrogen) atoms. The fourth-order valence-corrected chi connectivity index (χ4v) is 4.32. The Balaban J connectivity index is 0.000000569. The minimum atomic E-state index is -0.251. The number of ether oxygens (including phenoxy) is 2. The molecule has 6 rings (SSSR count). The zero-order valence-electron chi connectivity index (χ0n) is 26.5. The number of carbonyl (C=O) groups is 2. The quantitative estimate of drug-likeness (QED) is 0.0414. The SMILES string of the molecule is O=C(CCC[c-]1cccc1)Oc1ccc(N=Nc2ccc(OC(=O)CCC[c-]3cccc3)cc2)cc1.[Fe+2].[Fe+2].c1cc[cH-]c1.c1cc[cH-]c1. The van der Waals surface area contributed by atoms with E-state index in [2.05, 4.69) is 34.5 Å². The molecule has 0 atom stereocenters. The Bertz CT molecular complexity index is 1480. The molecule has 0 spiro atoms. The van der Waals surface area contributed by atoms with Crippen LogP contribution in [0.5, 0.6) is 11.5 Å². The van der Waals surface area contributed by atoms with Gasteiger partial charge < -0.3 is 9.47 Å². The molecular formula is C40H38Fe2N2O4. The molecule has 0 aromatic heterocycles. The molecule has 0 radical (unpaired) electrons. The Morgan fingerprint density at radius 2 is 0.854 bits per heavy atom. The average molecular weight is 722 g/mol. The van der Waals surface area contributed by atoms with Crippen molar-refractivity contribution in [3.05, 3.63) is 169 Å². The van der Waals surface area contributed by atoms with Gasteiger partial charge in [-0.15, -0.1) is 0 Å². The molecule has 0 bridgehead atoms. The van der Waals surface area contributed by atoms with E-state index in [1.165, 1.54) is 11.1 Å².